The second-order valence-corrected chi connectivity index (χ2v) is 8.35. The normalized spacial score (nSPS) is 11.8. The lowest BCUT2D eigenvalue weighted by molar-refractivity contribution is 0.0598. The third-order valence-corrected chi connectivity index (χ3v) is 5.55. The lowest BCUT2D eigenvalue weighted by Gasteiger charge is -2.13. The highest BCUT2D eigenvalue weighted by atomic mass is 32.2. The van der Waals surface area contributed by atoms with E-state index in [-0.39, 0.29) is 10.6 Å². The van der Waals surface area contributed by atoms with Crippen LogP contribution in [0.3, 0.4) is 0 Å². The molecule has 2 aromatic rings. The third-order valence-electron chi connectivity index (χ3n) is 3.33. The first-order chi connectivity index (χ1) is 12.0. The van der Waals surface area contributed by atoms with Gasteiger partial charge < -0.3 is 14.7 Å². The van der Waals surface area contributed by atoms with Crippen LogP contribution in [-0.2, 0) is 24.9 Å². The molecule has 0 unspecified atom stereocenters. The van der Waals surface area contributed by atoms with E-state index >= 15 is 0 Å². The lowest BCUT2D eigenvalue weighted by atomic mass is 10.2. The van der Waals surface area contributed by atoms with Gasteiger partial charge in [-0.2, -0.15) is 8.42 Å². The summed E-state index contributed by atoms with van der Waals surface area (Å²) >= 11 is 0. The van der Waals surface area contributed by atoms with Crippen LogP contribution < -0.4 is 15.1 Å². The molecule has 0 spiro atoms. The maximum Gasteiger partial charge on any atom is 0.341 e. The van der Waals surface area contributed by atoms with Crippen molar-refractivity contribution in [1.29, 1.82) is 0 Å². The molecule has 0 aliphatic rings. The van der Waals surface area contributed by atoms with Crippen LogP contribution in [0.4, 0.5) is 5.69 Å². The van der Waals surface area contributed by atoms with Crippen molar-refractivity contribution < 1.29 is 30.6 Å². The first-order valence-corrected chi connectivity index (χ1v) is 9.97. The van der Waals surface area contributed by atoms with Crippen molar-refractivity contribution in [2.45, 2.75) is 16.7 Å². The summed E-state index contributed by atoms with van der Waals surface area (Å²) in [5.74, 6) is -1.51. The molecule has 0 heterocycles. The Bertz CT molecular complexity index is 1060. The summed E-state index contributed by atoms with van der Waals surface area (Å²) < 4.78 is 57.4. The summed E-state index contributed by atoms with van der Waals surface area (Å²) in [6.07, 6.45) is 0. The lowest BCUT2D eigenvalue weighted by Crippen LogP contribution is -2.18. The van der Waals surface area contributed by atoms with E-state index in [4.69, 9.17) is 15.1 Å². The van der Waals surface area contributed by atoms with E-state index in [1.807, 2.05) is 0 Å². The van der Waals surface area contributed by atoms with Gasteiger partial charge in [-0.1, -0.05) is 17.7 Å². The van der Waals surface area contributed by atoms with Gasteiger partial charge in [0.2, 0.25) is 10.0 Å². The van der Waals surface area contributed by atoms with Crippen molar-refractivity contribution >= 4 is 31.8 Å². The molecule has 9 nitrogen and oxygen atoms in total. The molecule has 140 valence electrons. The fourth-order valence-electron chi connectivity index (χ4n) is 2.03. The fraction of sp³-hybridized carbons (Fsp3) is 0.133. The highest BCUT2D eigenvalue weighted by Crippen LogP contribution is 2.31. The van der Waals surface area contributed by atoms with Crippen LogP contribution in [0, 0.1) is 6.92 Å². The molecule has 2 rings (SSSR count). The number of hydrogen-bond acceptors (Lipinski definition) is 8. The van der Waals surface area contributed by atoms with E-state index in [1.165, 1.54) is 12.1 Å². The summed E-state index contributed by atoms with van der Waals surface area (Å²) in [7, 11) is -7.52. The van der Waals surface area contributed by atoms with E-state index in [9.17, 15) is 21.6 Å². The number of primary sulfonamides is 1. The zero-order chi connectivity index (χ0) is 19.7. The summed E-state index contributed by atoms with van der Waals surface area (Å²) in [5, 5.41) is 5.03. The predicted molar refractivity (Wildman–Crippen MR) is 92.6 cm³/mol. The number of rotatable bonds is 5. The molecule has 0 amide bonds. The predicted octanol–water partition coefficient (Wildman–Crippen LogP) is 0.779. The van der Waals surface area contributed by atoms with E-state index in [1.54, 1.807) is 19.1 Å². The molecule has 0 saturated heterocycles. The minimum absolute atomic E-state index is 0.159. The standard InChI is InChI=1S/C15H16N2O7S2/c1-9-3-5-10(6-4-9)26(21,22)24-13-8-12(16)14(25(17,19)20)7-11(13)15(18)23-2/h3-8H,16H2,1-2H3,(H2,17,19,20). The minimum Gasteiger partial charge on any atom is -0.465 e. The number of esters is 1. The Morgan fingerprint density at radius 3 is 2.12 bits per heavy atom. The number of carbonyl (C=O) groups is 1. The molecule has 0 fully saturated rings. The largest absolute Gasteiger partial charge is 0.465 e. The maximum absolute atomic E-state index is 12.4. The monoisotopic (exact) mass is 400 g/mol. The third kappa shape index (κ3) is 4.12. The topological polar surface area (TPSA) is 156 Å². The quantitative estimate of drug-likeness (QED) is 0.423. The summed E-state index contributed by atoms with van der Waals surface area (Å²) in [4.78, 5) is 11.2. The summed E-state index contributed by atoms with van der Waals surface area (Å²) in [6, 6.07) is 7.47. The molecule has 0 bridgehead atoms. The van der Waals surface area contributed by atoms with Crippen molar-refractivity contribution in [3.63, 3.8) is 0 Å². The molecule has 11 heteroatoms. The highest BCUT2D eigenvalue weighted by Gasteiger charge is 2.25. The molecule has 26 heavy (non-hydrogen) atoms. The molecule has 0 atom stereocenters. The average molecular weight is 400 g/mol. The Balaban J connectivity index is 2.60. The molecule has 0 aliphatic heterocycles. The number of sulfonamides is 1. The van der Waals surface area contributed by atoms with Crippen LogP contribution in [0.2, 0.25) is 0 Å². The van der Waals surface area contributed by atoms with Gasteiger partial charge >= 0.3 is 16.1 Å². The van der Waals surface area contributed by atoms with Gasteiger partial charge in [-0.05, 0) is 25.1 Å². The SMILES string of the molecule is COC(=O)c1cc(S(N)(=O)=O)c(N)cc1OS(=O)(=O)c1ccc(C)cc1. The van der Waals surface area contributed by atoms with Crippen molar-refractivity contribution in [2.24, 2.45) is 5.14 Å². The number of carbonyl (C=O) groups excluding carboxylic acids is 1. The molecule has 0 saturated carbocycles. The first kappa shape index (κ1) is 19.7. The maximum atomic E-state index is 12.4. The van der Waals surface area contributed by atoms with Gasteiger partial charge in [-0.15, -0.1) is 0 Å². The Morgan fingerprint density at radius 1 is 1.04 bits per heavy atom. The second kappa shape index (κ2) is 6.94. The summed E-state index contributed by atoms with van der Waals surface area (Å²) in [6.45, 7) is 1.78. The number of nitrogen functional groups attached to an aromatic ring is 1. The highest BCUT2D eigenvalue weighted by molar-refractivity contribution is 7.89. The second-order valence-electron chi connectivity index (χ2n) is 5.27. The van der Waals surface area contributed by atoms with Crippen LogP contribution in [0.15, 0.2) is 46.2 Å². The number of hydrogen-bond donors (Lipinski definition) is 2. The van der Waals surface area contributed by atoms with Crippen LogP contribution in [-0.4, -0.2) is 29.9 Å². The van der Waals surface area contributed by atoms with Crippen LogP contribution >= 0.6 is 0 Å². The van der Waals surface area contributed by atoms with Crippen LogP contribution in [0.25, 0.3) is 0 Å². The van der Waals surface area contributed by atoms with E-state index < -0.39 is 42.3 Å². The van der Waals surface area contributed by atoms with Crippen LogP contribution in [0.5, 0.6) is 5.75 Å². The summed E-state index contributed by atoms with van der Waals surface area (Å²) in [5.41, 5.74) is 5.61. The van der Waals surface area contributed by atoms with Crippen molar-refractivity contribution in [2.75, 3.05) is 12.8 Å². The van der Waals surface area contributed by atoms with Gasteiger partial charge in [-0.25, -0.2) is 18.4 Å². The first-order valence-electron chi connectivity index (χ1n) is 7.01. The number of nitrogens with two attached hydrogens (primary N) is 2. The van der Waals surface area contributed by atoms with Gasteiger partial charge in [0.15, 0.2) is 5.75 Å². The van der Waals surface area contributed by atoms with Crippen LogP contribution in [0.1, 0.15) is 15.9 Å². The zero-order valence-corrected chi connectivity index (χ0v) is 15.4. The number of ether oxygens (including phenoxy) is 1. The number of methoxy groups -OCH3 is 1. The van der Waals surface area contributed by atoms with Gasteiger partial charge in [0.25, 0.3) is 0 Å². The fourth-order valence-corrected chi connectivity index (χ4v) is 3.64. The molecular formula is C15H16N2O7S2. The number of anilines is 1. The Hall–Kier alpha value is -2.63. The van der Waals surface area contributed by atoms with E-state index in [2.05, 4.69) is 4.74 Å². The Labute approximate surface area is 150 Å². The van der Waals surface area contributed by atoms with Crippen molar-refractivity contribution in [1.82, 2.24) is 0 Å². The molecule has 2 aromatic carbocycles. The molecule has 0 radical (unpaired) electrons. The van der Waals surface area contributed by atoms with E-state index in [0.717, 1.165) is 24.8 Å². The van der Waals surface area contributed by atoms with E-state index in [0.29, 0.717) is 0 Å². The average Bonchev–Trinajstić information content (AvgIpc) is 2.53. The number of aryl methyl sites for hydroxylation is 1. The van der Waals surface area contributed by atoms with Gasteiger partial charge in [0.05, 0.1) is 12.8 Å². The van der Waals surface area contributed by atoms with Gasteiger partial charge in [0, 0.05) is 6.07 Å². The molecule has 4 N–H and O–H groups in total. The van der Waals surface area contributed by atoms with Crippen molar-refractivity contribution in [3.05, 3.63) is 47.5 Å². The Kier molecular flexibility index (Phi) is 5.26. The smallest absolute Gasteiger partial charge is 0.341 e. The van der Waals surface area contributed by atoms with Crippen molar-refractivity contribution in [3.8, 4) is 5.75 Å². The molecule has 0 aliphatic carbocycles. The Morgan fingerprint density at radius 2 is 1.62 bits per heavy atom. The molecular weight excluding hydrogens is 384 g/mol. The zero-order valence-electron chi connectivity index (χ0n) is 13.8. The number of benzene rings is 2. The van der Waals surface area contributed by atoms with Gasteiger partial charge in [0.1, 0.15) is 15.4 Å². The minimum atomic E-state index is -4.30. The molecule has 0 aromatic heterocycles. The van der Waals surface area contributed by atoms with Gasteiger partial charge in [-0.3, -0.25) is 0 Å².